The van der Waals surface area contributed by atoms with Gasteiger partial charge in [-0.15, -0.1) is 0 Å². The number of hydrogen-bond acceptors (Lipinski definition) is 4. The Balaban J connectivity index is 1.79. The van der Waals surface area contributed by atoms with Crippen molar-refractivity contribution in [3.05, 3.63) is 95.8 Å². The summed E-state index contributed by atoms with van der Waals surface area (Å²) in [5.41, 5.74) is 2.49. The number of aromatic nitrogens is 2. The van der Waals surface area contributed by atoms with Gasteiger partial charge in [0.15, 0.2) is 0 Å². The molecule has 0 radical (unpaired) electrons. The Bertz CT molecular complexity index is 751. The SMILES string of the molecule is O[C@H](CN[C@H](c1ccccc1)c1ccc(F)cn1)c1ccncc1. The fraction of sp³-hybridized carbons (Fsp3) is 0.158. The van der Waals surface area contributed by atoms with Crippen molar-refractivity contribution >= 4 is 0 Å². The van der Waals surface area contributed by atoms with Gasteiger partial charge in [-0.05, 0) is 35.4 Å². The number of benzene rings is 1. The second-order valence-electron chi connectivity index (χ2n) is 5.45. The Hall–Kier alpha value is -2.63. The summed E-state index contributed by atoms with van der Waals surface area (Å²) in [5.74, 6) is -0.373. The van der Waals surface area contributed by atoms with E-state index in [1.54, 1.807) is 30.6 Å². The minimum atomic E-state index is -0.667. The Morgan fingerprint density at radius 2 is 1.71 bits per heavy atom. The lowest BCUT2D eigenvalue weighted by Crippen LogP contribution is -2.28. The zero-order chi connectivity index (χ0) is 16.8. The molecular formula is C19H18FN3O. The average molecular weight is 323 g/mol. The van der Waals surface area contributed by atoms with Crippen molar-refractivity contribution in [3.8, 4) is 0 Å². The molecule has 3 aromatic rings. The third kappa shape index (κ3) is 4.01. The lowest BCUT2D eigenvalue weighted by molar-refractivity contribution is 0.171. The van der Waals surface area contributed by atoms with Crippen LogP contribution in [0.25, 0.3) is 0 Å². The predicted molar refractivity (Wildman–Crippen MR) is 89.7 cm³/mol. The number of halogens is 1. The molecule has 0 aliphatic heterocycles. The fourth-order valence-corrected chi connectivity index (χ4v) is 2.53. The number of aliphatic hydroxyl groups excluding tert-OH is 1. The highest BCUT2D eigenvalue weighted by Crippen LogP contribution is 2.21. The first-order valence-electron chi connectivity index (χ1n) is 7.72. The summed E-state index contributed by atoms with van der Waals surface area (Å²) >= 11 is 0. The van der Waals surface area contributed by atoms with Crippen LogP contribution in [0.5, 0.6) is 0 Å². The summed E-state index contributed by atoms with van der Waals surface area (Å²) in [5, 5.41) is 13.7. The van der Waals surface area contributed by atoms with E-state index in [-0.39, 0.29) is 11.9 Å². The van der Waals surface area contributed by atoms with Crippen LogP contribution in [0.15, 0.2) is 73.2 Å². The van der Waals surface area contributed by atoms with E-state index in [0.717, 1.165) is 11.1 Å². The molecule has 2 heterocycles. The average Bonchev–Trinajstić information content (AvgIpc) is 2.65. The number of aliphatic hydroxyl groups is 1. The minimum absolute atomic E-state index is 0.233. The molecule has 0 fully saturated rings. The molecule has 0 unspecified atom stereocenters. The highest BCUT2D eigenvalue weighted by Gasteiger charge is 2.17. The molecule has 0 aliphatic carbocycles. The zero-order valence-electron chi connectivity index (χ0n) is 13.0. The second-order valence-corrected chi connectivity index (χ2v) is 5.45. The smallest absolute Gasteiger partial charge is 0.141 e. The molecular weight excluding hydrogens is 305 g/mol. The van der Waals surface area contributed by atoms with Crippen LogP contribution in [0.1, 0.15) is 29.0 Å². The summed E-state index contributed by atoms with van der Waals surface area (Å²) < 4.78 is 13.2. The molecule has 122 valence electrons. The molecule has 0 saturated heterocycles. The highest BCUT2D eigenvalue weighted by atomic mass is 19.1. The molecule has 0 amide bonds. The van der Waals surface area contributed by atoms with Crippen molar-refractivity contribution < 1.29 is 9.50 Å². The van der Waals surface area contributed by atoms with Gasteiger partial charge in [-0.25, -0.2) is 4.39 Å². The van der Waals surface area contributed by atoms with Crippen LogP contribution in [-0.2, 0) is 0 Å². The molecule has 0 saturated carbocycles. The quantitative estimate of drug-likeness (QED) is 0.732. The number of nitrogens with one attached hydrogen (secondary N) is 1. The van der Waals surface area contributed by atoms with E-state index in [1.165, 1.54) is 12.3 Å². The van der Waals surface area contributed by atoms with E-state index in [0.29, 0.717) is 12.2 Å². The van der Waals surface area contributed by atoms with E-state index in [2.05, 4.69) is 15.3 Å². The first kappa shape index (κ1) is 16.2. The second kappa shape index (κ2) is 7.77. The van der Waals surface area contributed by atoms with E-state index in [1.807, 2.05) is 30.3 Å². The molecule has 0 aliphatic rings. The number of nitrogens with zero attached hydrogens (tertiary/aromatic N) is 2. The van der Waals surface area contributed by atoms with Gasteiger partial charge < -0.3 is 10.4 Å². The Labute approximate surface area is 140 Å². The van der Waals surface area contributed by atoms with Crippen molar-refractivity contribution in [1.82, 2.24) is 15.3 Å². The standard InChI is InChI=1S/C19H18FN3O/c20-16-6-7-17(22-12-16)19(15-4-2-1-3-5-15)23-13-18(24)14-8-10-21-11-9-14/h1-12,18-19,23-24H,13H2/t18-,19-/m1/s1. The molecule has 2 N–H and O–H groups in total. The van der Waals surface area contributed by atoms with Gasteiger partial charge in [0, 0.05) is 18.9 Å². The first-order chi connectivity index (χ1) is 11.7. The molecule has 5 heteroatoms. The topological polar surface area (TPSA) is 58.0 Å². The number of hydrogen-bond donors (Lipinski definition) is 2. The molecule has 3 rings (SSSR count). The molecule has 0 spiro atoms. The van der Waals surface area contributed by atoms with Gasteiger partial charge in [0.25, 0.3) is 0 Å². The summed E-state index contributed by atoms with van der Waals surface area (Å²) in [6.07, 6.45) is 3.83. The molecule has 1 aromatic carbocycles. The first-order valence-corrected chi connectivity index (χ1v) is 7.72. The maximum atomic E-state index is 13.2. The predicted octanol–water partition coefficient (Wildman–Crippen LogP) is 3.03. The summed E-state index contributed by atoms with van der Waals surface area (Å²) in [7, 11) is 0. The van der Waals surface area contributed by atoms with Gasteiger partial charge in [-0.2, -0.15) is 0 Å². The van der Waals surface area contributed by atoms with E-state index in [4.69, 9.17) is 0 Å². The van der Waals surface area contributed by atoms with E-state index < -0.39 is 6.10 Å². The van der Waals surface area contributed by atoms with Gasteiger partial charge >= 0.3 is 0 Å². The third-order valence-corrected chi connectivity index (χ3v) is 3.79. The maximum absolute atomic E-state index is 13.2. The van der Waals surface area contributed by atoms with E-state index in [9.17, 15) is 9.50 Å². The van der Waals surface area contributed by atoms with Crippen molar-refractivity contribution in [1.29, 1.82) is 0 Å². The highest BCUT2D eigenvalue weighted by molar-refractivity contribution is 5.28. The Morgan fingerprint density at radius 1 is 0.958 bits per heavy atom. The minimum Gasteiger partial charge on any atom is -0.387 e. The molecule has 24 heavy (non-hydrogen) atoms. The molecule has 2 aromatic heterocycles. The van der Waals surface area contributed by atoms with Crippen molar-refractivity contribution in [2.75, 3.05) is 6.54 Å². The van der Waals surface area contributed by atoms with Gasteiger partial charge in [-0.1, -0.05) is 30.3 Å². The molecule has 0 bridgehead atoms. The summed E-state index contributed by atoms with van der Waals surface area (Å²) in [6, 6.07) is 16.1. The lowest BCUT2D eigenvalue weighted by atomic mass is 10.0. The molecule has 2 atom stereocenters. The van der Waals surface area contributed by atoms with Gasteiger partial charge in [0.05, 0.1) is 24.0 Å². The van der Waals surface area contributed by atoms with Crippen LogP contribution in [0.2, 0.25) is 0 Å². The largest absolute Gasteiger partial charge is 0.387 e. The summed E-state index contributed by atoms with van der Waals surface area (Å²) in [6.45, 7) is 0.336. The zero-order valence-corrected chi connectivity index (χ0v) is 13.0. The Kier molecular flexibility index (Phi) is 5.25. The van der Waals surface area contributed by atoms with Crippen molar-refractivity contribution in [2.24, 2.45) is 0 Å². The molecule has 4 nitrogen and oxygen atoms in total. The van der Waals surface area contributed by atoms with Gasteiger partial charge in [0.2, 0.25) is 0 Å². The third-order valence-electron chi connectivity index (χ3n) is 3.79. The van der Waals surface area contributed by atoms with Gasteiger partial charge in [0.1, 0.15) is 5.82 Å². The Morgan fingerprint density at radius 3 is 2.38 bits per heavy atom. The summed E-state index contributed by atoms with van der Waals surface area (Å²) in [4.78, 5) is 8.13. The monoisotopic (exact) mass is 323 g/mol. The van der Waals surface area contributed by atoms with Crippen molar-refractivity contribution in [2.45, 2.75) is 12.1 Å². The normalized spacial score (nSPS) is 13.4. The van der Waals surface area contributed by atoms with Crippen LogP contribution in [-0.4, -0.2) is 21.6 Å². The van der Waals surface area contributed by atoms with Crippen molar-refractivity contribution in [3.63, 3.8) is 0 Å². The van der Waals surface area contributed by atoms with Crippen LogP contribution in [0.3, 0.4) is 0 Å². The van der Waals surface area contributed by atoms with Crippen LogP contribution < -0.4 is 5.32 Å². The fourth-order valence-electron chi connectivity index (χ4n) is 2.53. The maximum Gasteiger partial charge on any atom is 0.141 e. The van der Waals surface area contributed by atoms with Crippen LogP contribution in [0, 0.1) is 5.82 Å². The van der Waals surface area contributed by atoms with Crippen LogP contribution >= 0.6 is 0 Å². The number of rotatable bonds is 6. The van der Waals surface area contributed by atoms with Gasteiger partial charge in [-0.3, -0.25) is 9.97 Å². The van der Waals surface area contributed by atoms with E-state index >= 15 is 0 Å². The number of pyridine rings is 2. The lowest BCUT2D eigenvalue weighted by Gasteiger charge is -2.21. The van der Waals surface area contributed by atoms with Crippen LogP contribution in [0.4, 0.5) is 4.39 Å².